The Morgan fingerprint density at radius 2 is 1.70 bits per heavy atom. The van der Waals surface area contributed by atoms with E-state index in [4.69, 9.17) is 0 Å². The van der Waals surface area contributed by atoms with Gasteiger partial charge in [0.1, 0.15) is 9.77 Å². The molecule has 9 heteroatoms. The van der Waals surface area contributed by atoms with Gasteiger partial charge in [-0.25, -0.2) is 8.42 Å². The Labute approximate surface area is 164 Å². The quantitative estimate of drug-likeness (QED) is 0.668. The van der Waals surface area contributed by atoms with Crippen molar-refractivity contribution in [3.8, 4) is 0 Å². The zero-order chi connectivity index (χ0) is 19.3. The van der Waals surface area contributed by atoms with E-state index in [2.05, 4.69) is 10.6 Å². The van der Waals surface area contributed by atoms with Gasteiger partial charge in [-0.1, -0.05) is 19.3 Å². The maximum Gasteiger partial charge on any atom is 0.262 e. The molecule has 2 amide bonds. The predicted octanol–water partition coefficient (Wildman–Crippen LogP) is 1.96. The highest BCUT2D eigenvalue weighted by Gasteiger charge is 2.31. The molecule has 0 atom stereocenters. The molecule has 1 aromatic heterocycles. The van der Waals surface area contributed by atoms with Crippen LogP contribution < -0.4 is 10.6 Å². The minimum Gasteiger partial charge on any atom is -0.354 e. The Morgan fingerprint density at radius 1 is 1.04 bits per heavy atom. The highest BCUT2D eigenvalue weighted by atomic mass is 32.2. The fourth-order valence-corrected chi connectivity index (χ4v) is 6.52. The van der Waals surface area contributed by atoms with Crippen LogP contribution in [0.25, 0.3) is 0 Å². The first-order chi connectivity index (χ1) is 13.0. The van der Waals surface area contributed by atoms with Gasteiger partial charge in [0.25, 0.3) is 5.91 Å². The first-order valence-electron chi connectivity index (χ1n) is 9.63. The summed E-state index contributed by atoms with van der Waals surface area (Å²) in [6, 6.07) is 1.50. The second-order valence-corrected chi connectivity index (χ2v) is 9.93. The number of rotatable bonds is 7. The molecule has 0 spiro atoms. The Bertz CT molecular complexity index is 763. The molecule has 7 nitrogen and oxygen atoms in total. The van der Waals surface area contributed by atoms with Crippen LogP contribution in [0.1, 0.15) is 54.6 Å². The number of amides is 2. The van der Waals surface area contributed by atoms with Crippen molar-refractivity contribution < 1.29 is 18.0 Å². The van der Waals surface area contributed by atoms with Gasteiger partial charge in [-0.2, -0.15) is 4.31 Å². The highest BCUT2D eigenvalue weighted by Crippen LogP contribution is 2.27. The van der Waals surface area contributed by atoms with Gasteiger partial charge in [-0.15, -0.1) is 11.3 Å². The van der Waals surface area contributed by atoms with E-state index in [-0.39, 0.29) is 28.1 Å². The molecule has 1 aromatic rings. The summed E-state index contributed by atoms with van der Waals surface area (Å²) in [5.41, 5.74) is 0. The molecule has 1 aliphatic heterocycles. The van der Waals surface area contributed by atoms with Gasteiger partial charge in [0.2, 0.25) is 15.9 Å². The molecule has 1 saturated carbocycles. The van der Waals surface area contributed by atoms with Crippen LogP contribution in [-0.4, -0.2) is 50.7 Å². The van der Waals surface area contributed by atoms with E-state index in [1.165, 1.54) is 16.8 Å². The molecule has 1 aliphatic carbocycles. The standard InChI is InChI=1S/C18H27N3O4S2/c22-17(14-6-2-1-3-7-14)19-9-10-20-18(23)16-15(8-13-26-16)27(24,25)21-11-4-5-12-21/h8,13-14H,1-7,9-12H2,(H,19,22)(H,20,23). The summed E-state index contributed by atoms with van der Waals surface area (Å²) >= 11 is 1.13. The average molecular weight is 414 g/mol. The predicted molar refractivity (Wildman–Crippen MR) is 104 cm³/mol. The van der Waals surface area contributed by atoms with Crippen molar-refractivity contribution in [3.63, 3.8) is 0 Å². The van der Waals surface area contributed by atoms with Crippen molar-refractivity contribution in [3.05, 3.63) is 16.3 Å². The van der Waals surface area contributed by atoms with Gasteiger partial charge in [0.05, 0.1) is 0 Å². The SMILES string of the molecule is O=C(NCCNC(=O)C1CCCCC1)c1sccc1S(=O)(=O)N1CCCC1. The van der Waals surface area contributed by atoms with Gasteiger partial charge in [-0.3, -0.25) is 9.59 Å². The van der Waals surface area contributed by atoms with E-state index in [1.54, 1.807) is 5.38 Å². The van der Waals surface area contributed by atoms with E-state index in [9.17, 15) is 18.0 Å². The summed E-state index contributed by atoms with van der Waals surface area (Å²) in [4.78, 5) is 24.8. The van der Waals surface area contributed by atoms with Gasteiger partial charge >= 0.3 is 0 Å². The summed E-state index contributed by atoms with van der Waals surface area (Å²) in [5, 5.41) is 7.21. The van der Waals surface area contributed by atoms with Crippen LogP contribution in [0.3, 0.4) is 0 Å². The number of sulfonamides is 1. The average Bonchev–Trinajstić information content (AvgIpc) is 3.38. The van der Waals surface area contributed by atoms with Crippen LogP contribution in [0.2, 0.25) is 0 Å². The van der Waals surface area contributed by atoms with Crippen molar-refractivity contribution in [2.24, 2.45) is 5.92 Å². The van der Waals surface area contributed by atoms with Gasteiger partial charge in [0, 0.05) is 32.1 Å². The molecular weight excluding hydrogens is 386 g/mol. The van der Waals surface area contributed by atoms with Gasteiger partial charge < -0.3 is 10.6 Å². The molecule has 27 heavy (non-hydrogen) atoms. The first-order valence-corrected chi connectivity index (χ1v) is 12.0. The van der Waals surface area contributed by atoms with E-state index < -0.39 is 15.9 Å². The van der Waals surface area contributed by atoms with E-state index >= 15 is 0 Å². The lowest BCUT2D eigenvalue weighted by atomic mass is 9.89. The minimum atomic E-state index is -3.62. The number of nitrogens with one attached hydrogen (secondary N) is 2. The Kier molecular flexibility index (Phi) is 6.88. The third-order valence-corrected chi connectivity index (χ3v) is 8.19. The lowest BCUT2D eigenvalue weighted by molar-refractivity contribution is -0.125. The minimum absolute atomic E-state index is 0.0531. The third kappa shape index (κ3) is 4.89. The van der Waals surface area contributed by atoms with E-state index in [0.717, 1.165) is 49.9 Å². The van der Waals surface area contributed by atoms with Crippen LogP contribution >= 0.6 is 11.3 Å². The topological polar surface area (TPSA) is 95.6 Å². The molecule has 0 unspecified atom stereocenters. The smallest absolute Gasteiger partial charge is 0.262 e. The Balaban J connectivity index is 1.50. The summed E-state index contributed by atoms with van der Waals surface area (Å²) < 4.78 is 26.9. The Hall–Kier alpha value is -1.45. The monoisotopic (exact) mass is 413 g/mol. The number of carbonyl (C=O) groups is 2. The largest absolute Gasteiger partial charge is 0.354 e. The molecule has 2 aliphatic rings. The molecule has 0 radical (unpaired) electrons. The molecular formula is C18H27N3O4S2. The third-order valence-electron chi connectivity index (χ3n) is 5.20. The van der Waals surface area contributed by atoms with Crippen molar-refractivity contribution in [1.82, 2.24) is 14.9 Å². The molecule has 1 saturated heterocycles. The fourth-order valence-electron chi connectivity index (χ4n) is 3.68. The number of hydrogen-bond acceptors (Lipinski definition) is 5. The van der Waals surface area contributed by atoms with Crippen molar-refractivity contribution in [2.75, 3.05) is 26.2 Å². The van der Waals surface area contributed by atoms with Gasteiger partial charge in [-0.05, 0) is 37.1 Å². The zero-order valence-corrected chi connectivity index (χ0v) is 17.0. The summed E-state index contributed by atoms with van der Waals surface area (Å²) in [7, 11) is -3.62. The lowest BCUT2D eigenvalue weighted by Gasteiger charge is -2.20. The molecule has 2 heterocycles. The molecule has 0 aromatic carbocycles. The van der Waals surface area contributed by atoms with Crippen molar-refractivity contribution in [2.45, 2.75) is 49.8 Å². The summed E-state index contributed by atoms with van der Waals surface area (Å²) in [6.45, 7) is 1.64. The van der Waals surface area contributed by atoms with E-state index in [0.29, 0.717) is 19.6 Å². The number of hydrogen-bond donors (Lipinski definition) is 2. The molecule has 150 valence electrons. The van der Waals surface area contributed by atoms with Crippen molar-refractivity contribution in [1.29, 1.82) is 0 Å². The normalized spacial score (nSPS) is 19.1. The molecule has 2 fully saturated rings. The maximum absolute atomic E-state index is 12.7. The maximum atomic E-state index is 12.7. The number of nitrogens with zero attached hydrogens (tertiary/aromatic N) is 1. The van der Waals surface area contributed by atoms with Crippen LogP contribution in [0, 0.1) is 5.92 Å². The van der Waals surface area contributed by atoms with Crippen LogP contribution in [0.5, 0.6) is 0 Å². The van der Waals surface area contributed by atoms with Gasteiger partial charge in [0.15, 0.2) is 0 Å². The lowest BCUT2D eigenvalue weighted by Crippen LogP contribution is -2.38. The summed E-state index contributed by atoms with van der Waals surface area (Å²) in [6.07, 6.45) is 6.97. The Morgan fingerprint density at radius 3 is 2.41 bits per heavy atom. The number of thiophene rings is 1. The van der Waals surface area contributed by atoms with Crippen LogP contribution in [0.15, 0.2) is 16.3 Å². The highest BCUT2D eigenvalue weighted by molar-refractivity contribution is 7.89. The molecule has 3 rings (SSSR count). The first kappa shape index (κ1) is 20.3. The fraction of sp³-hybridized carbons (Fsp3) is 0.667. The second kappa shape index (κ2) is 9.16. The molecule has 0 bridgehead atoms. The molecule has 2 N–H and O–H groups in total. The van der Waals surface area contributed by atoms with Crippen LogP contribution in [-0.2, 0) is 14.8 Å². The second-order valence-electron chi connectivity index (χ2n) is 7.11. The van der Waals surface area contributed by atoms with Crippen LogP contribution in [0.4, 0.5) is 0 Å². The van der Waals surface area contributed by atoms with Crippen molar-refractivity contribution >= 4 is 33.2 Å². The number of carbonyl (C=O) groups excluding carboxylic acids is 2. The summed E-state index contributed by atoms with van der Waals surface area (Å²) in [5.74, 6) is -0.268. The van der Waals surface area contributed by atoms with E-state index in [1.807, 2.05) is 0 Å². The zero-order valence-electron chi connectivity index (χ0n) is 15.4.